The molecule has 1 unspecified atom stereocenters. The molecular weight excluding hydrogens is 226 g/mol. The van der Waals surface area contributed by atoms with Gasteiger partial charge in [0.15, 0.2) is 0 Å². The zero-order chi connectivity index (χ0) is 12.7. The van der Waals surface area contributed by atoms with Crippen molar-refractivity contribution in [3.05, 3.63) is 18.0 Å². The minimum Gasteiger partial charge on any atom is -0.467 e. The summed E-state index contributed by atoms with van der Waals surface area (Å²) in [6.45, 7) is 2.05. The molecule has 0 aliphatic heterocycles. The van der Waals surface area contributed by atoms with Crippen molar-refractivity contribution in [3.63, 3.8) is 0 Å². The second-order valence-electron chi connectivity index (χ2n) is 3.40. The lowest BCUT2D eigenvalue weighted by molar-refractivity contribution is -0.144. The summed E-state index contributed by atoms with van der Waals surface area (Å²) in [6.07, 6.45) is 1.46. The molecule has 1 heterocycles. The predicted molar refractivity (Wildman–Crippen MR) is 57.8 cm³/mol. The van der Waals surface area contributed by atoms with Crippen molar-refractivity contribution >= 4 is 11.9 Å². The molecule has 0 saturated heterocycles. The zero-order valence-corrected chi connectivity index (χ0v) is 9.73. The summed E-state index contributed by atoms with van der Waals surface area (Å²) in [5.74, 6) is -0.781. The maximum absolute atomic E-state index is 11.3. The molecule has 0 fully saturated rings. The van der Waals surface area contributed by atoms with Gasteiger partial charge in [-0.05, 0) is 0 Å². The van der Waals surface area contributed by atoms with E-state index in [1.807, 2.05) is 0 Å². The minimum atomic E-state index is -0.704. The number of hydrogen-bond acceptors (Lipinski definition) is 6. The Balaban J connectivity index is 2.38. The normalized spacial score (nSPS) is 11.9. The highest BCUT2D eigenvalue weighted by molar-refractivity contribution is 5.83. The maximum Gasteiger partial charge on any atom is 0.329 e. The van der Waals surface area contributed by atoms with Gasteiger partial charge in [-0.25, -0.2) is 4.79 Å². The van der Waals surface area contributed by atoms with Gasteiger partial charge in [-0.3, -0.25) is 4.79 Å². The van der Waals surface area contributed by atoms with Gasteiger partial charge in [0.25, 0.3) is 0 Å². The summed E-state index contributed by atoms with van der Waals surface area (Å²) in [4.78, 5) is 22.2. The van der Waals surface area contributed by atoms with Crippen molar-refractivity contribution in [1.29, 1.82) is 0 Å². The first-order valence-electron chi connectivity index (χ1n) is 5.08. The summed E-state index contributed by atoms with van der Waals surface area (Å²) in [5, 5.41) is 9.16. The molecule has 0 bridgehead atoms. The van der Waals surface area contributed by atoms with Crippen LogP contribution in [-0.2, 0) is 20.9 Å². The lowest BCUT2D eigenvalue weighted by Gasteiger charge is -2.15. The van der Waals surface area contributed by atoms with Crippen LogP contribution in [-0.4, -0.2) is 36.7 Å². The van der Waals surface area contributed by atoms with Crippen LogP contribution in [0.5, 0.6) is 0 Å². The number of amides is 1. The van der Waals surface area contributed by atoms with Crippen LogP contribution in [0.3, 0.4) is 0 Å². The van der Waals surface area contributed by atoms with E-state index in [9.17, 15) is 9.59 Å². The average molecular weight is 241 g/mol. The smallest absolute Gasteiger partial charge is 0.329 e. The largest absolute Gasteiger partial charge is 0.467 e. The third-order valence-electron chi connectivity index (χ3n) is 2.01. The highest BCUT2D eigenvalue weighted by atomic mass is 16.5. The second-order valence-corrected chi connectivity index (χ2v) is 3.40. The summed E-state index contributed by atoms with van der Waals surface area (Å²) < 4.78 is 9.23. The Morgan fingerprint density at radius 3 is 2.88 bits per heavy atom. The average Bonchev–Trinajstić information content (AvgIpc) is 2.79. The number of methoxy groups -OCH3 is 1. The molecule has 1 aromatic rings. The van der Waals surface area contributed by atoms with Gasteiger partial charge < -0.3 is 19.9 Å². The van der Waals surface area contributed by atoms with Gasteiger partial charge in [-0.2, -0.15) is 0 Å². The zero-order valence-electron chi connectivity index (χ0n) is 9.73. The molecule has 1 amide bonds. The van der Waals surface area contributed by atoms with Gasteiger partial charge >= 0.3 is 5.97 Å². The molecule has 2 N–H and O–H groups in total. The Morgan fingerprint density at radius 1 is 1.59 bits per heavy atom. The Bertz CT molecular complexity index is 364. The fraction of sp³-hybridized carbons (Fsp3) is 0.500. The van der Waals surface area contributed by atoms with Gasteiger partial charge in [0.1, 0.15) is 12.3 Å². The molecule has 7 heteroatoms. The first kappa shape index (κ1) is 13.2. The van der Waals surface area contributed by atoms with Crippen LogP contribution in [0.2, 0.25) is 0 Å². The van der Waals surface area contributed by atoms with Gasteiger partial charge in [0.05, 0.1) is 12.8 Å². The highest BCUT2D eigenvalue weighted by Crippen LogP contribution is 1.94. The molecule has 94 valence electrons. The molecule has 0 saturated carbocycles. The van der Waals surface area contributed by atoms with E-state index in [0.29, 0.717) is 6.54 Å². The topological polar surface area (TPSA) is 93.5 Å². The fourth-order valence-electron chi connectivity index (χ4n) is 1.25. The van der Waals surface area contributed by atoms with Crippen LogP contribution in [0.1, 0.15) is 12.6 Å². The lowest BCUT2D eigenvalue weighted by Crippen LogP contribution is -2.46. The van der Waals surface area contributed by atoms with Crippen molar-refractivity contribution in [2.45, 2.75) is 19.5 Å². The number of ether oxygens (including phenoxy) is 1. The molecule has 1 rings (SSSR count). The number of carbonyl (C=O) groups is 2. The molecule has 17 heavy (non-hydrogen) atoms. The number of aromatic nitrogens is 1. The van der Waals surface area contributed by atoms with E-state index >= 15 is 0 Å². The minimum absolute atomic E-state index is 0.263. The summed E-state index contributed by atoms with van der Waals surface area (Å²) in [5.41, 5.74) is 0.719. The Kier molecular flexibility index (Phi) is 5.15. The lowest BCUT2D eigenvalue weighted by atomic mass is 10.3. The first-order chi connectivity index (χ1) is 8.13. The van der Waals surface area contributed by atoms with Crippen molar-refractivity contribution in [3.8, 4) is 0 Å². The summed E-state index contributed by atoms with van der Waals surface area (Å²) >= 11 is 0. The van der Waals surface area contributed by atoms with Gasteiger partial charge in [-0.1, -0.05) is 5.16 Å². The van der Waals surface area contributed by atoms with Crippen molar-refractivity contribution in [2.75, 3.05) is 13.7 Å². The van der Waals surface area contributed by atoms with Crippen LogP contribution in [0.4, 0.5) is 0 Å². The van der Waals surface area contributed by atoms with Gasteiger partial charge in [0, 0.05) is 26.1 Å². The molecule has 0 aliphatic rings. The van der Waals surface area contributed by atoms with E-state index in [0.717, 1.165) is 5.69 Å². The fourth-order valence-corrected chi connectivity index (χ4v) is 1.25. The van der Waals surface area contributed by atoms with Crippen LogP contribution in [0.25, 0.3) is 0 Å². The van der Waals surface area contributed by atoms with E-state index in [-0.39, 0.29) is 12.5 Å². The Morgan fingerprint density at radius 2 is 2.35 bits per heavy atom. The molecule has 1 aromatic heterocycles. The van der Waals surface area contributed by atoms with Gasteiger partial charge in [0.2, 0.25) is 5.91 Å². The SMILES string of the molecule is COC(=O)C(CNCc1ccon1)NC(C)=O. The highest BCUT2D eigenvalue weighted by Gasteiger charge is 2.19. The van der Waals surface area contributed by atoms with E-state index in [1.165, 1.54) is 20.3 Å². The molecule has 0 aromatic carbocycles. The second kappa shape index (κ2) is 6.64. The van der Waals surface area contributed by atoms with Crippen LogP contribution in [0.15, 0.2) is 16.9 Å². The van der Waals surface area contributed by atoms with Crippen molar-refractivity contribution in [2.24, 2.45) is 0 Å². The predicted octanol–water partition coefficient (Wildman–Crippen LogP) is -0.558. The molecule has 7 nitrogen and oxygen atoms in total. The number of hydrogen-bond donors (Lipinski definition) is 2. The van der Waals surface area contributed by atoms with E-state index in [2.05, 4.69) is 25.1 Å². The van der Waals surface area contributed by atoms with Crippen molar-refractivity contribution < 1.29 is 18.8 Å². The monoisotopic (exact) mass is 241 g/mol. The molecule has 0 radical (unpaired) electrons. The molecule has 0 spiro atoms. The summed E-state index contributed by atoms with van der Waals surface area (Å²) in [7, 11) is 1.27. The molecule has 1 atom stereocenters. The van der Waals surface area contributed by atoms with E-state index in [1.54, 1.807) is 6.07 Å². The number of rotatable bonds is 6. The van der Waals surface area contributed by atoms with Crippen LogP contribution in [0, 0.1) is 0 Å². The standard InChI is InChI=1S/C10H15N3O4/c1-7(14)12-9(10(15)16-2)6-11-5-8-3-4-17-13-8/h3-4,9,11H,5-6H2,1-2H3,(H,12,14). The number of carbonyl (C=O) groups excluding carboxylic acids is 2. The number of nitrogens with one attached hydrogen (secondary N) is 2. The first-order valence-corrected chi connectivity index (χ1v) is 5.08. The maximum atomic E-state index is 11.3. The third kappa shape index (κ3) is 4.64. The molecule has 0 aliphatic carbocycles. The number of nitrogens with zero attached hydrogens (tertiary/aromatic N) is 1. The molecular formula is C10H15N3O4. The van der Waals surface area contributed by atoms with E-state index in [4.69, 9.17) is 0 Å². The Labute approximate surface area is 98.5 Å². The van der Waals surface area contributed by atoms with Crippen LogP contribution >= 0.6 is 0 Å². The van der Waals surface area contributed by atoms with Gasteiger partial charge in [-0.15, -0.1) is 0 Å². The summed E-state index contributed by atoms with van der Waals surface area (Å²) in [6, 6.07) is 1.00. The van der Waals surface area contributed by atoms with Crippen molar-refractivity contribution in [1.82, 2.24) is 15.8 Å². The Hall–Kier alpha value is -1.89. The quantitative estimate of drug-likeness (QED) is 0.648. The van der Waals surface area contributed by atoms with E-state index < -0.39 is 12.0 Å². The van der Waals surface area contributed by atoms with Crippen LogP contribution < -0.4 is 10.6 Å². The number of esters is 1. The third-order valence-corrected chi connectivity index (χ3v) is 2.01.